The lowest BCUT2D eigenvalue weighted by Crippen LogP contribution is -2.35. The Morgan fingerprint density at radius 1 is 1.53 bits per heavy atom. The van der Waals surface area contributed by atoms with Gasteiger partial charge in [-0.05, 0) is 31.4 Å². The van der Waals surface area contributed by atoms with Gasteiger partial charge in [0.1, 0.15) is 5.69 Å². The summed E-state index contributed by atoms with van der Waals surface area (Å²) in [6.07, 6.45) is 4.93. The van der Waals surface area contributed by atoms with Gasteiger partial charge in [-0.2, -0.15) is 0 Å². The van der Waals surface area contributed by atoms with Gasteiger partial charge in [0.05, 0.1) is 0 Å². The number of aromatic nitrogens is 1. The van der Waals surface area contributed by atoms with Crippen LogP contribution in [0, 0.1) is 0 Å². The number of hydrogen-bond acceptors (Lipinski definition) is 4. The number of pyridine rings is 1. The largest absolute Gasteiger partial charge is 0.381 e. The minimum atomic E-state index is -0.177. The van der Waals surface area contributed by atoms with Crippen molar-refractivity contribution in [2.24, 2.45) is 5.73 Å². The minimum absolute atomic E-state index is 0.177. The molecule has 0 bridgehead atoms. The number of amides is 1. The molecule has 1 amide bonds. The molecule has 92 valence electrons. The maximum atomic E-state index is 11.4. The van der Waals surface area contributed by atoms with E-state index >= 15 is 0 Å². The second kappa shape index (κ2) is 5.14. The molecular weight excluding hydrogens is 216 g/mol. The highest BCUT2D eigenvalue weighted by Gasteiger charge is 2.23. The zero-order chi connectivity index (χ0) is 12.3. The van der Waals surface area contributed by atoms with Crippen molar-refractivity contribution in [3.8, 4) is 0 Å². The molecule has 17 heavy (non-hydrogen) atoms. The summed E-state index contributed by atoms with van der Waals surface area (Å²) in [6.45, 7) is 0. The third-order valence-electron chi connectivity index (χ3n) is 3.14. The molecule has 1 saturated carbocycles. The summed E-state index contributed by atoms with van der Waals surface area (Å²) < 4.78 is 0. The number of carbonyl (C=O) groups is 1. The Bertz CT molecular complexity index is 407. The van der Waals surface area contributed by atoms with E-state index in [0.29, 0.717) is 11.7 Å². The number of nitrogens with one attached hydrogen (secondary N) is 2. The van der Waals surface area contributed by atoms with Crippen molar-refractivity contribution in [2.45, 2.75) is 31.3 Å². The third kappa shape index (κ3) is 2.74. The average Bonchev–Trinajstić information content (AvgIpc) is 2.74. The number of nitrogens with two attached hydrogens (primary N) is 1. The molecule has 1 heterocycles. The molecule has 1 aliphatic carbocycles. The van der Waals surface area contributed by atoms with E-state index in [-0.39, 0.29) is 11.9 Å². The van der Waals surface area contributed by atoms with Gasteiger partial charge in [0.15, 0.2) is 0 Å². The second-order valence-electron chi connectivity index (χ2n) is 4.35. The van der Waals surface area contributed by atoms with Crippen LogP contribution >= 0.6 is 0 Å². The molecule has 0 radical (unpaired) electrons. The van der Waals surface area contributed by atoms with Crippen LogP contribution in [0.25, 0.3) is 0 Å². The average molecular weight is 234 g/mol. The van der Waals surface area contributed by atoms with Gasteiger partial charge in [0.2, 0.25) is 0 Å². The molecule has 5 heteroatoms. The quantitative estimate of drug-likeness (QED) is 0.720. The van der Waals surface area contributed by atoms with E-state index in [1.807, 2.05) is 6.07 Å². The summed E-state index contributed by atoms with van der Waals surface area (Å²) in [5.74, 6) is -0.177. The van der Waals surface area contributed by atoms with E-state index in [4.69, 9.17) is 5.73 Å². The molecule has 2 unspecified atom stereocenters. The summed E-state index contributed by atoms with van der Waals surface area (Å²) in [4.78, 5) is 15.5. The first-order chi connectivity index (χ1) is 8.20. The van der Waals surface area contributed by atoms with Crippen molar-refractivity contribution in [3.63, 3.8) is 0 Å². The molecular formula is C12H18N4O. The fourth-order valence-electron chi connectivity index (χ4n) is 2.15. The van der Waals surface area contributed by atoms with Crippen molar-refractivity contribution in [1.82, 2.24) is 10.3 Å². The number of rotatable bonds is 3. The van der Waals surface area contributed by atoms with Crippen molar-refractivity contribution in [1.29, 1.82) is 0 Å². The summed E-state index contributed by atoms with van der Waals surface area (Å²) in [7, 11) is 1.59. The zero-order valence-corrected chi connectivity index (χ0v) is 9.94. The van der Waals surface area contributed by atoms with Gasteiger partial charge in [0, 0.05) is 31.0 Å². The first kappa shape index (κ1) is 11.9. The molecule has 0 spiro atoms. The predicted molar refractivity (Wildman–Crippen MR) is 66.9 cm³/mol. The lowest BCUT2D eigenvalue weighted by atomic mass is 10.1. The molecule has 4 N–H and O–H groups in total. The number of anilines is 1. The zero-order valence-electron chi connectivity index (χ0n) is 9.94. The number of nitrogens with zero attached hydrogens (tertiary/aromatic N) is 1. The summed E-state index contributed by atoms with van der Waals surface area (Å²) in [5, 5.41) is 5.92. The monoisotopic (exact) mass is 234 g/mol. The minimum Gasteiger partial charge on any atom is -0.381 e. The van der Waals surface area contributed by atoms with Crippen molar-refractivity contribution in [2.75, 3.05) is 12.4 Å². The highest BCUT2D eigenvalue weighted by Crippen LogP contribution is 2.21. The van der Waals surface area contributed by atoms with Gasteiger partial charge in [-0.1, -0.05) is 0 Å². The molecule has 2 atom stereocenters. The van der Waals surface area contributed by atoms with Crippen LogP contribution in [0.3, 0.4) is 0 Å². The van der Waals surface area contributed by atoms with E-state index in [1.165, 1.54) is 0 Å². The standard InChI is InChI=1S/C12H18N4O/c1-14-12(17)11-7-8(5-6-15-11)16-10-4-2-3-9(10)13/h5-7,9-10H,2-4,13H2,1H3,(H,14,17)(H,15,16). The van der Waals surface area contributed by atoms with Gasteiger partial charge in [0.25, 0.3) is 5.91 Å². The highest BCUT2D eigenvalue weighted by atomic mass is 16.1. The molecule has 1 aliphatic rings. The van der Waals surface area contributed by atoms with Crippen LogP contribution in [0.2, 0.25) is 0 Å². The van der Waals surface area contributed by atoms with Gasteiger partial charge < -0.3 is 16.4 Å². The fourth-order valence-corrected chi connectivity index (χ4v) is 2.15. The number of carbonyl (C=O) groups excluding carboxylic acids is 1. The third-order valence-corrected chi connectivity index (χ3v) is 3.14. The number of hydrogen-bond donors (Lipinski definition) is 3. The molecule has 0 aliphatic heterocycles. The Kier molecular flexibility index (Phi) is 3.58. The van der Waals surface area contributed by atoms with Crippen molar-refractivity contribution in [3.05, 3.63) is 24.0 Å². The van der Waals surface area contributed by atoms with Gasteiger partial charge in [-0.25, -0.2) is 0 Å². The van der Waals surface area contributed by atoms with Crippen molar-refractivity contribution >= 4 is 11.6 Å². The molecule has 1 aromatic rings. The van der Waals surface area contributed by atoms with Crippen LogP contribution in [-0.4, -0.2) is 30.0 Å². The smallest absolute Gasteiger partial charge is 0.269 e. The highest BCUT2D eigenvalue weighted by molar-refractivity contribution is 5.92. The molecule has 1 fully saturated rings. The van der Waals surface area contributed by atoms with Crippen LogP contribution in [0.5, 0.6) is 0 Å². The Labute approximate surface area is 101 Å². The van der Waals surface area contributed by atoms with Crippen LogP contribution in [0.4, 0.5) is 5.69 Å². The van der Waals surface area contributed by atoms with Gasteiger partial charge >= 0.3 is 0 Å². The predicted octanol–water partition coefficient (Wildman–Crippen LogP) is 0.733. The Balaban J connectivity index is 2.08. The fraction of sp³-hybridized carbons (Fsp3) is 0.500. The molecule has 2 rings (SSSR count). The first-order valence-corrected chi connectivity index (χ1v) is 5.91. The maximum Gasteiger partial charge on any atom is 0.269 e. The first-order valence-electron chi connectivity index (χ1n) is 5.91. The molecule has 1 aromatic heterocycles. The van der Waals surface area contributed by atoms with E-state index in [0.717, 1.165) is 24.9 Å². The SMILES string of the molecule is CNC(=O)c1cc(NC2CCCC2N)ccn1. The normalized spacial score (nSPS) is 23.4. The summed E-state index contributed by atoms with van der Waals surface area (Å²) >= 11 is 0. The summed E-state index contributed by atoms with van der Waals surface area (Å²) in [5.41, 5.74) is 7.32. The van der Waals surface area contributed by atoms with Crippen molar-refractivity contribution < 1.29 is 4.79 Å². The van der Waals surface area contributed by atoms with Crippen LogP contribution < -0.4 is 16.4 Å². The van der Waals surface area contributed by atoms with E-state index in [2.05, 4.69) is 15.6 Å². The van der Waals surface area contributed by atoms with Gasteiger partial charge in [-0.15, -0.1) is 0 Å². The summed E-state index contributed by atoms with van der Waals surface area (Å²) in [6, 6.07) is 4.11. The Morgan fingerprint density at radius 3 is 3.00 bits per heavy atom. The van der Waals surface area contributed by atoms with E-state index < -0.39 is 0 Å². The Hall–Kier alpha value is -1.62. The van der Waals surface area contributed by atoms with E-state index in [1.54, 1.807) is 19.3 Å². The second-order valence-corrected chi connectivity index (χ2v) is 4.35. The van der Waals surface area contributed by atoms with Gasteiger partial charge in [-0.3, -0.25) is 9.78 Å². The molecule has 5 nitrogen and oxygen atoms in total. The molecule has 0 aromatic carbocycles. The van der Waals surface area contributed by atoms with Crippen LogP contribution in [0.1, 0.15) is 29.8 Å². The van der Waals surface area contributed by atoms with E-state index in [9.17, 15) is 4.79 Å². The lowest BCUT2D eigenvalue weighted by Gasteiger charge is -2.18. The van der Waals surface area contributed by atoms with Crippen LogP contribution in [-0.2, 0) is 0 Å². The topological polar surface area (TPSA) is 80.0 Å². The lowest BCUT2D eigenvalue weighted by molar-refractivity contribution is 0.0958. The van der Waals surface area contributed by atoms with Crippen LogP contribution in [0.15, 0.2) is 18.3 Å². The molecule has 0 saturated heterocycles. The maximum absolute atomic E-state index is 11.4. The Morgan fingerprint density at radius 2 is 2.35 bits per heavy atom.